The molecule has 0 bridgehead atoms. The van der Waals surface area contributed by atoms with Crippen molar-refractivity contribution < 1.29 is 13.2 Å². The van der Waals surface area contributed by atoms with Crippen LogP contribution in [0.15, 0.2) is 59.1 Å². The van der Waals surface area contributed by atoms with Crippen molar-refractivity contribution in [1.82, 2.24) is 5.32 Å². The van der Waals surface area contributed by atoms with E-state index < -0.39 is 18.3 Å². The van der Waals surface area contributed by atoms with Crippen molar-refractivity contribution in [2.24, 2.45) is 0 Å². The van der Waals surface area contributed by atoms with Gasteiger partial charge in [-0.1, -0.05) is 58.4 Å². The van der Waals surface area contributed by atoms with E-state index in [2.05, 4.69) is 21.2 Å². The highest BCUT2D eigenvalue weighted by Crippen LogP contribution is 2.35. The second-order valence-electron chi connectivity index (χ2n) is 4.83. The number of nitrogens with one attached hydrogen (secondary N) is 1. The molecule has 0 aliphatic rings. The van der Waals surface area contributed by atoms with Gasteiger partial charge in [-0.3, -0.25) is 5.32 Å². The van der Waals surface area contributed by atoms with Gasteiger partial charge in [-0.2, -0.15) is 13.2 Å². The zero-order valence-corrected chi connectivity index (χ0v) is 12.9. The first-order chi connectivity index (χ1) is 9.88. The van der Waals surface area contributed by atoms with Gasteiger partial charge in [-0.05, 0) is 30.2 Å². The monoisotopic (exact) mass is 357 g/mol. The quantitative estimate of drug-likeness (QED) is 0.771. The summed E-state index contributed by atoms with van der Waals surface area (Å²) in [5.41, 5.74) is 1.03. The Balaban J connectivity index is 2.24. The largest absolute Gasteiger partial charge is 0.407 e. The topological polar surface area (TPSA) is 12.0 Å². The van der Waals surface area contributed by atoms with Gasteiger partial charge in [0, 0.05) is 10.5 Å². The second-order valence-corrected chi connectivity index (χ2v) is 5.74. The fourth-order valence-electron chi connectivity index (χ4n) is 2.12. The summed E-state index contributed by atoms with van der Waals surface area (Å²) < 4.78 is 40.7. The lowest BCUT2D eigenvalue weighted by atomic mass is 10.0. The molecule has 0 radical (unpaired) electrons. The minimum atomic E-state index is -4.35. The Kier molecular flexibility index (Phi) is 5.06. The maximum absolute atomic E-state index is 13.3. The second kappa shape index (κ2) is 6.62. The summed E-state index contributed by atoms with van der Waals surface area (Å²) in [5.74, 6) is 0. The van der Waals surface area contributed by atoms with Crippen molar-refractivity contribution in [2.75, 3.05) is 0 Å². The van der Waals surface area contributed by atoms with Gasteiger partial charge in [0.15, 0.2) is 0 Å². The van der Waals surface area contributed by atoms with Crippen LogP contribution in [0.5, 0.6) is 0 Å². The van der Waals surface area contributed by atoms with Gasteiger partial charge < -0.3 is 0 Å². The first-order valence-corrected chi connectivity index (χ1v) is 7.30. The van der Waals surface area contributed by atoms with Crippen LogP contribution in [0.4, 0.5) is 13.2 Å². The SMILES string of the molecule is C[C@H](N[C@@H](c1ccc(Br)cc1)C(F)(F)F)c1ccccc1. The third-order valence-electron chi connectivity index (χ3n) is 3.25. The van der Waals surface area contributed by atoms with Crippen LogP contribution in [0.25, 0.3) is 0 Å². The van der Waals surface area contributed by atoms with E-state index in [4.69, 9.17) is 0 Å². The molecule has 0 fully saturated rings. The number of halogens is 4. The number of alkyl halides is 3. The molecule has 1 nitrogen and oxygen atoms in total. The number of benzene rings is 2. The average Bonchev–Trinajstić information content (AvgIpc) is 2.45. The van der Waals surface area contributed by atoms with Crippen LogP contribution in [-0.4, -0.2) is 6.18 Å². The van der Waals surface area contributed by atoms with E-state index in [9.17, 15) is 13.2 Å². The number of hydrogen-bond donors (Lipinski definition) is 1. The summed E-state index contributed by atoms with van der Waals surface area (Å²) in [6, 6.07) is 13.2. The van der Waals surface area contributed by atoms with E-state index in [1.54, 1.807) is 19.1 Å². The molecule has 2 rings (SSSR count). The lowest BCUT2D eigenvalue weighted by molar-refractivity contribution is -0.159. The molecular formula is C16H15BrF3N. The Bertz CT molecular complexity index is 566. The van der Waals surface area contributed by atoms with Crippen LogP contribution in [0.1, 0.15) is 30.1 Å². The van der Waals surface area contributed by atoms with Crippen LogP contribution in [0.2, 0.25) is 0 Å². The Morgan fingerprint density at radius 2 is 1.48 bits per heavy atom. The zero-order chi connectivity index (χ0) is 15.5. The van der Waals surface area contributed by atoms with Gasteiger partial charge in [0.2, 0.25) is 0 Å². The Morgan fingerprint density at radius 3 is 2.00 bits per heavy atom. The first kappa shape index (κ1) is 16.0. The van der Waals surface area contributed by atoms with Gasteiger partial charge in [0.25, 0.3) is 0 Å². The molecule has 5 heteroatoms. The molecule has 112 valence electrons. The van der Waals surface area contributed by atoms with Crippen molar-refractivity contribution in [3.05, 3.63) is 70.2 Å². The predicted octanol–water partition coefficient (Wildman–Crippen LogP) is 5.40. The molecule has 0 aromatic heterocycles. The van der Waals surface area contributed by atoms with Crippen LogP contribution < -0.4 is 5.32 Å². The van der Waals surface area contributed by atoms with Crippen molar-refractivity contribution in [2.45, 2.75) is 25.2 Å². The molecule has 0 saturated heterocycles. The Morgan fingerprint density at radius 1 is 0.905 bits per heavy atom. The molecule has 0 aliphatic carbocycles. The Labute approximate surface area is 130 Å². The van der Waals surface area contributed by atoms with Gasteiger partial charge in [-0.15, -0.1) is 0 Å². The zero-order valence-electron chi connectivity index (χ0n) is 11.4. The average molecular weight is 358 g/mol. The van der Waals surface area contributed by atoms with E-state index in [-0.39, 0.29) is 5.56 Å². The molecule has 0 unspecified atom stereocenters. The smallest absolute Gasteiger partial charge is 0.296 e. The summed E-state index contributed by atoms with van der Waals surface area (Å²) in [5, 5.41) is 2.67. The predicted molar refractivity (Wildman–Crippen MR) is 80.9 cm³/mol. The molecule has 0 amide bonds. The van der Waals surface area contributed by atoms with Crippen molar-refractivity contribution >= 4 is 15.9 Å². The van der Waals surface area contributed by atoms with Crippen LogP contribution in [0, 0.1) is 0 Å². The van der Waals surface area contributed by atoms with Gasteiger partial charge in [0.05, 0.1) is 0 Å². The Hall–Kier alpha value is -1.33. The molecule has 0 spiro atoms. The van der Waals surface area contributed by atoms with Crippen molar-refractivity contribution in [1.29, 1.82) is 0 Å². The van der Waals surface area contributed by atoms with E-state index in [1.807, 2.05) is 30.3 Å². The molecule has 2 aromatic rings. The summed E-state index contributed by atoms with van der Waals surface area (Å²) in [6.45, 7) is 1.73. The number of rotatable bonds is 4. The van der Waals surface area contributed by atoms with E-state index in [1.165, 1.54) is 12.1 Å². The summed E-state index contributed by atoms with van der Waals surface area (Å²) in [6.07, 6.45) is -4.35. The molecule has 2 atom stereocenters. The minimum Gasteiger partial charge on any atom is -0.296 e. The molecule has 2 aromatic carbocycles. The minimum absolute atomic E-state index is 0.202. The lowest BCUT2D eigenvalue weighted by Crippen LogP contribution is -2.35. The van der Waals surface area contributed by atoms with Crippen molar-refractivity contribution in [3.8, 4) is 0 Å². The summed E-state index contributed by atoms with van der Waals surface area (Å²) >= 11 is 3.23. The fourth-order valence-corrected chi connectivity index (χ4v) is 2.39. The standard InChI is InChI=1S/C16H15BrF3N/c1-11(12-5-3-2-4-6-12)21-15(16(18,19)20)13-7-9-14(17)10-8-13/h2-11,15,21H,1H3/t11-,15-/m0/s1. The number of hydrogen-bond acceptors (Lipinski definition) is 1. The summed E-state index contributed by atoms with van der Waals surface area (Å²) in [7, 11) is 0. The highest BCUT2D eigenvalue weighted by Gasteiger charge is 2.41. The third-order valence-corrected chi connectivity index (χ3v) is 3.78. The third kappa shape index (κ3) is 4.32. The molecular weight excluding hydrogens is 343 g/mol. The highest BCUT2D eigenvalue weighted by molar-refractivity contribution is 9.10. The van der Waals surface area contributed by atoms with E-state index >= 15 is 0 Å². The molecule has 0 heterocycles. The van der Waals surface area contributed by atoms with E-state index in [0.717, 1.165) is 10.0 Å². The van der Waals surface area contributed by atoms with E-state index in [0.29, 0.717) is 0 Å². The molecule has 0 saturated carbocycles. The maximum atomic E-state index is 13.3. The van der Waals surface area contributed by atoms with Gasteiger partial charge >= 0.3 is 6.18 Å². The van der Waals surface area contributed by atoms with Crippen LogP contribution in [-0.2, 0) is 0 Å². The normalized spacial score (nSPS) is 14.7. The fraction of sp³-hybridized carbons (Fsp3) is 0.250. The van der Waals surface area contributed by atoms with Crippen LogP contribution in [0.3, 0.4) is 0 Å². The molecule has 21 heavy (non-hydrogen) atoms. The molecule has 1 N–H and O–H groups in total. The maximum Gasteiger partial charge on any atom is 0.407 e. The molecule has 0 aliphatic heterocycles. The van der Waals surface area contributed by atoms with Crippen molar-refractivity contribution in [3.63, 3.8) is 0 Å². The van der Waals surface area contributed by atoms with Gasteiger partial charge in [0.1, 0.15) is 6.04 Å². The summed E-state index contributed by atoms with van der Waals surface area (Å²) in [4.78, 5) is 0. The lowest BCUT2D eigenvalue weighted by Gasteiger charge is -2.26. The van der Waals surface area contributed by atoms with Gasteiger partial charge in [-0.25, -0.2) is 0 Å². The highest BCUT2D eigenvalue weighted by atomic mass is 79.9. The first-order valence-electron chi connectivity index (χ1n) is 6.51. The van der Waals surface area contributed by atoms with Crippen LogP contribution >= 0.6 is 15.9 Å².